The molecular formula is C23H25N4O4S+. The molecule has 2 aromatic heterocycles. The maximum Gasteiger partial charge on any atom is 0.270 e. The predicted octanol–water partition coefficient (Wildman–Crippen LogP) is 3.02. The number of hydrogen-bond acceptors (Lipinski definition) is 7. The fourth-order valence-corrected chi connectivity index (χ4v) is 3.88. The molecule has 1 unspecified atom stereocenters. The SMILES string of the molecule is CCOc1cccc(N2CCOc3nc(C(=O)NCc4ccc([SH+](C)=O)cn4)ccc32)c1. The number of pyridine rings is 2. The van der Waals surface area contributed by atoms with Crippen molar-refractivity contribution in [3.05, 3.63) is 66.1 Å². The fourth-order valence-electron chi connectivity index (χ4n) is 3.37. The number of amides is 1. The van der Waals surface area contributed by atoms with Crippen molar-refractivity contribution in [3.63, 3.8) is 0 Å². The van der Waals surface area contributed by atoms with Crippen LogP contribution in [0.15, 0.2) is 59.6 Å². The van der Waals surface area contributed by atoms with Crippen molar-refractivity contribution in [2.45, 2.75) is 18.4 Å². The highest BCUT2D eigenvalue weighted by Gasteiger charge is 2.23. The van der Waals surface area contributed by atoms with Crippen LogP contribution in [-0.2, 0) is 21.6 Å². The molecule has 1 N–H and O–H groups in total. The van der Waals surface area contributed by atoms with Gasteiger partial charge < -0.3 is 19.7 Å². The quantitative estimate of drug-likeness (QED) is 0.434. The first kappa shape index (κ1) is 21.8. The van der Waals surface area contributed by atoms with Gasteiger partial charge >= 0.3 is 0 Å². The second-order valence-corrected chi connectivity index (χ2v) is 8.65. The first-order valence-electron chi connectivity index (χ1n) is 10.3. The summed E-state index contributed by atoms with van der Waals surface area (Å²) in [6.07, 6.45) is 3.20. The standard InChI is InChI=1S/C23H24N4O4S/c1-3-30-18-6-4-5-17(13-18)27-11-12-31-23-21(27)10-9-20(26-23)22(28)25-14-16-7-8-19(15-24-16)32(2)29/h4-10,13,15H,3,11-12,14H2,1-2H3,(H,25,28)/p+1. The van der Waals surface area contributed by atoms with Crippen LogP contribution in [0.3, 0.4) is 0 Å². The molecule has 0 aliphatic carbocycles. The average molecular weight is 454 g/mol. The first-order valence-corrected chi connectivity index (χ1v) is 12.0. The van der Waals surface area contributed by atoms with Gasteiger partial charge in [0, 0.05) is 11.8 Å². The number of nitrogens with zero attached hydrogens (tertiary/aromatic N) is 3. The van der Waals surface area contributed by atoms with E-state index in [0.717, 1.165) is 17.1 Å². The minimum atomic E-state index is -1.43. The lowest BCUT2D eigenvalue weighted by Crippen LogP contribution is -2.30. The maximum atomic E-state index is 12.6. The smallest absolute Gasteiger partial charge is 0.270 e. The third kappa shape index (κ3) is 4.88. The first-order chi connectivity index (χ1) is 15.5. The van der Waals surface area contributed by atoms with Gasteiger partial charge in [-0.05, 0) is 43.3 Å². The molecule has 4 rings (SSSR count). The van der Waals surface area contributed by atoms with E-state index >= 15 is 0 Å². The van der Waals surface area contributed by atoms with Gasteiger partial charge in [0.15, 0.2) is 4.90 Å². The van der Waals surface area contributed by atoms with Crippen LogP contribution in [0.2, 0.25) is 0 Å². The Balaban J connectivity index is 1.47. The molecule has 0 bridgehead atoms. The highest BCUT2D eigenvalue weighted by Crippen LogP contribution is 2.36. The van der Waals surface area contributed by atoms with E-state index in [0.29, 0.717) is 36.2 Å². The minimum absolute atomic E-state index is 0.246. The van der Waals surface area contributed by atoms with Gasteiger partial charge in [-0.25, -0.2) is 4.98 Å². The van der Waals surface area contributed by atoms with E-state index in [4.69, 9.17) is 9.47 Å². The second-order valence-electron chi connectivity index (χ2n) is 7.14. The topological polar surface area (TPSA) is 93.7 Å². The lowest BCUT2D eigenvalue weighted by molar-refractivity contribution is 0.0944. The van der Waals surface area contributed by atoms with E-state index in [1.807, 2.05) is 37.3 Å². The minimum Gasteiger partial charge on any atom is -0.494 e. The average Bonchev–Trinajstić information content (AvgIpc) is 2.82. The molecule has 1 aliphatic heterocycles. The number of anilines is 2. The summed E-state index contributed by atoms with van der Waals surface area (Å²) < 4.78 is 22.8. The van der Waals surface area contributed by atoms with E-state index in [9.17, 15) is 9.00 Å². The number of nitrogens with one attached hydrogen (secondary N) is 1. The zero-order chi connectivity index (χ0) is 22.5. The lowest BCUT2D eigenvalue weighted by atomic mass is 10.2. The van der Waals surface area contributed by atoms with Crippen LogP contribution >= 0.6 is 0 Å². The van der Waals surface area contributed by atoms with Crippen molar-refractivity contribution in [1.29, 1.82) is 0 Å². The molecule has 3 heterocycles. The summed E-state index contributed by atoms with van der Waals surface area (Å²) >= 11 is 0. The Morgan fingerprint density at radius 3 is 2.88 bits per heavy atom. The summed E-state index contributed by atoms with van der Waals surface area (Å²) in [5.74, 6) is 0.897. The molecular weight excluding hydrogens is 428 g/mol. The molecule has 0 saturated heterocycles. The van der Waals surface area contributed by atoms with Gasteiger partial charge in [0.25, 0.3) is 5.91 Å². The number of benzene rings is 1. The van der Waals surface area contributed by atoms with Crippen molar-refractivity contribution >= 4 is 28.1 Å². The summed E-state index contributed by atoms with van der Waals surface area (Å²) in [6, 6.07) is 14.9. The summed E-state index contributed by atoms with van der Waals surface area (Å²) in [6.45, 7) is 3.92. The number of carbonyl (C=O) groups excluding carboxylic acids is 1. The molecule has 0 spiro atoms. The fraction of sp³-hybridized carbons (Fsp3) is 0.261. The van der Waals surface area contributed by atoms with Crippen LogP contribution in [0.25, 0.3) is 0 Å². The molecule has 1 amide bonds. The van der Waals surface area contributed by atoms with Gasteiger partial charge in [-0.15, -0.1) is 4.21 Å². The number of rotatable bonds is 7. The third-order valence-electron chi connectivity index (χ3n) is 4.96. The van der Waals surface area contributed by atoms with E-state index in [1.54, 1.807) is 30.7 Å². The number of aromatic nitrogens is 2. The number of ether oxygens (including phenoxy) is 2. The molecule has 0 saturated carbocycles. The molecule has 1 atom stereocenters. The number of hydrogen-bond donors (Lipinski definition) is 1. The van der Waals surface area contributed by atoms with E-state index < -0.39 is 10.8 Å². The molecule has 0 fully saturated rings. The molecule has 0 radical (unpaired) electrons. The predicted molar refractivity (Wildman–Crippen MR) is 123 cm³/mol. The molecule has 3 aromatic rings. The van der Waals surface area contributed by atoms with Crippen LogP contribution in [-0.4, -0.2) is 41.9 Å². The highest BCUT2D eigenvalue weighted by molar-refractivity contribution is 7.84. The number of carbonyl (C=O) groups is 1. The Bertz CT molecular complexity index is 1140. The Hall–Kier alpha value is -3.46. The Morgan fingerprint density at radius 1 is 1.25 bits per heavy atom. The van der Waals surface area contributed by atoms with Crippen molar-refractivity contribution < 1.29 is 18.5 Å². The van der Waals surface area contributed by atoms with Crippen molar-refractivity contribution in [2.75, 3.05) is 30.9 Å². The van der Waals surface area contributed by atoms with Crippen molar-refractivity contribution in [1.82, 2.24) is 15.3 Å². The lowest BCUT2D eigenvalue weighted by Gasteiger charge is -2.30. The summed E-state index contributed by atoms with van der Waals surface area (Å²) in [5.41, 5.74) is 2.71. The van der Waals surface area contributed by atoms with Gasteiger partial charge in [0.1, 0.15) is 40.8 Å². The van der Waals surface area contributed by atoms with E-state index in [2.05, 4.69) is 20.2 Å². The molecule has 32 heavy (non-hydrogen) atoms. The zero-order valence-corrected chi connectivity index (χ0v) is 18.8. The normalized spacial score (nSPS) is 13.6. The summed E-state index contributed by atoms with van der Waals surface area (Å²) in [7, 11) is -1.43. The summed E-state index contributed by atoms with van der Waals surface area (Å²) in [5, 5.41) is 2.81. The number of thiol groups is 1. The third-order valence-corrected chi connectivity index (χ3v) is 5.95. The van der Waals surface area contributed by atoms with Crippen molar-refractivity contribution in [3.8, 4) is 11.6 Å². The van der Waals surface area contributed by atoms with Gasteiger partial charge in [0.2, 0.25) is 5.88 Å². The zero-order valence-electron chi connectivity index (χ0n) is 17.9. The summed E-state index contributed by atoms with van der Waals surface area (Å²) in [4.78, 5) is 24.1. The van der Waals surface area contributed by atoms with Crippen LogP contribution in [0.5, 0.6) is 11.6 Å². The Morgan fingerprint density at radius 2 is 2.12 bits per heavy atom. The highest BCUT2D eigenvalue weighted by atomic mass is 32.2. The Kier molecular flexibility index (Phi) is 6.65. The maximum absolute atomic E-state index is 12.6. The Labute approximate surface area is 189 Å². The van der Waals surface area contributed by atoms with Crippen LogP contribution in [0.1, 0.15) is 23.1 Å². The second kappa shape index (κ2) is 9.78. The monoisotopic (exact) mass is 453 g/mol. The number of fused-ring (bicyclic) bond motifs is 1. The van der Waals surface area contributed by atoms with Gasteiger partial charge in [0.05, 0.1) is 31.6 Å². The van der Waals surface area contributed by atoms with Gasteiger partial charge in [-0.3, -0.25) is 9.78 Å². The molecule has 1 aromatic carbocycles. The molecule has 9 heteroatoms. The van der Waals surface area contributed by atoms with Gasteiger partial charge in [-0.1, -0.05) is 6.07 Å². The van der Waals surface area contributed by atoms with Crippen LogP contribution in [0, 0.1) is 0 Å². The molecule has 1 aliphatic rings. The van der Waals surface area contributed by atoms with E-state index in [-0.39, 0.29) is 18.1 Å². The van der Waals surface area contributed by atoms with Crippen molar-refractivity contribution in [2.24, 2.45) is 0 Å². The largest absolute Gasteiger partial charge is 0.494 e. The van der Waals surface area contributed by atoms with Gasteiger partial charge in [-0.2, -0.15) is 0 Å². The van der Waals surface area contributed by atoms with Crippen LogP contribution < -0.4 is 19.7 Å². The molecule has 8 nitrogen and oxygen atoms in total. The molecule has 166 valence electrons. The van der Waals surface area contributed by atoms with Crippen LogP contribution in [0.4, 0.5) is 11.4 Å². The van der Waals surface area contributed by atoms with E-state index in [1.165, 1.54) is 0 Å².